The van der Waals surface area contributed by atoms with E-state index < -0.39 is 64.9 Å². The number of allylic oxidation sites excluding steroid dienone is 3. The molecule has 0 aromatic heterocycles. The Morgan fingerprint density at radius 1 is 1.10 bits per heavy atom. The number of benzene rings is 1. The molecule has 4 fully saturated rings. The fourth-order valence-corrected chi connectivity index (χ4v) is 11.0. The molecule has 18 nitrogen and oxygen atoms in total. The van der Waals surface area contributed by atoms with Gasteiger partial charge in [-0.05, 0) is 69.6 Å². The number of hydrogen-bond donors (Lipinski definition) is 3. The van der Waals surface area contributed by atoms with E-state index in [9.17, 15) is 33.9 Å². The number of epoxide rings is 1. The fourth-order valence-electron chi connectivity index (χ4n) is 9.41. The minimum Gasteiger partial charge on any atom is -0.495 e. The molecule has 1 aromatic rings. The number of esters is 1. The lowest BCUT2D eigenvalue weighted by Gasteiger charge is -2.42. The first kappa shape index (κ1) is 52.9. The van der Waals surface area contributed by atoms with Gasteiger partial charge < -0.3 is 38.4 Å². The van der Waals surface area contributed by atoms with Crippen molar-refractivity contribution in [3.05, 3.63) is 46.5 Å². The van der Waals surface area contributed by atoms with E-state index in [1.807, 2.05) is 35.9 Å². The SMILES string of the molecule is COc1cc2cc(c1Cl)N(C)C(=O)C[C@H](OC(=O)CCOCCSC1CC(=O)N(C[C@H]3CC[C@H](C(=O)NN(C)I)CC3)C1=O)C1(C)O[C@H]1[C@H](C)[C@@H]1C[C@@](O)(NC(=O)O1)[C@H](OC)/C=C/C=C(\C)C2. The maximum absolute atomic E-state index is 14.2. The van der Waals surface area contributed by atoms with Crippen LogP contribution in [0.3, 0.4) is 0 Å². The number of aliphatic hydroxyl groups is 1. The minimum absolute atomic E-state index is 0.00929. The molecule has 4 heterocycles. The summed E-state index contributed by atoms with van der Waals surface area (Å²) in [6.07, 6.45) is 3.83. The van der Waals surface area contributed by atoms with Gasteiger partial charge in [-0.2, -0.15) is 3.22 Å². The molecule has 1 aromatic carbocycles. The Morgan fingerprint density at radius 2 is 1.84 bits per heavy atom. The quantitative estimate of drug-likeness (QED) is 0.0423. The predicted octanol–water partition coefficient (Wildman–Crippen LogP) is 5.05. The highest BCUT2D eigenvalue weighted by Gasteiger charge is 2.64. The summed E-state index contributed by atoms with van der Waals surface area (Å²) in [5.74, 6) is -1.18. The lowest BCUT2D eigenvalue weighted by molar-refractivity contribution is -0.155. The van der Waals surface area contributed by atoms with Crippen molar-refractivity contribution < 1.29 is 62.3 Å². The molecule has 0 radical (unpaired) electrons. The van der Waals surface area contributed by atoms with Crippen LogP contribution in [-0.2, 0) is 54.1 Å². The van der Waals surface area contributed by atoms with Crippen LogP contribution >= 0.6 is 46.2 Å². The van der Waals surface area contributed by atoms with E-state index in [-0.39, 0.29) is 73.5 Å². The lowest BCUT2D eigenvalue weighted by atomic mass is 9.81. The average Bonchev–Trinajstić information content (AvgIpc) is 3.90. The monoisotopic (exact) mass is 1090 g/mol. The minimum atomic E-state index is -1.84. The Morgan fingerprint density at radius 3 is 2.52 bits per heavy atom. The summed E-state index contributed by atoms with van der Waals surface area (Å²) >= 11 is 10.1. The highest BCUT2D eigenvalue weighted by Crippen LogP contribution is 2.49. The number of hydrogen-bond acceptors (Lipinski definition) is 15. The number of fused-ring (bicyclic) bond motifs is 5. The summed E-state index contributed by atoms with van der Waals surface area (Å²) in [6, 6.07) is 3.58. The van der Waals surface area contributed by atoms with Gasteiger partial charge in [0.1, 0.15) is 34.7 Å². The largest absolute Gasteiger partial charge is 0.495 e. The number of carbonyl (C=O) groups excluding carboxylic acids is 6. The average molecular weight is 1090 g/mol. The van der Waals surface area contributed by atoms with Gasteiger partial charge >= 0.3 is 12.1 Å². The van der Waals surface area contributed by atoms with E-state index >= 15 is 0 Å². The van der Waals surface area contributed by atoms with Gasteiger partial charge in [0.05, 0.1) is 50.2 Å². The molecule has 4 aliphatic heterocycles. The zero-order chi connectivity index (χ0) is 48.8. The summed E-state index contributed by atoms with van der Waals surface area (Å²) < 4.78 is 36.6. The van der Waals surface area contributed by atoms with Crippen molar-refractivity contribution in [1.82, 2.24) is 18.9 Å². The molecule has 4 bridgehead atoms. The van der Waals surface area contributed by atoms with Gasteiger partial charge in [-0.15, -0.1) is 11.8 Å². The van der Waals surface area contributed by atoms with Gasteiger partial charge in [0, 0.05) is 81.0 Å². The number of likely N-dealkylation sites (tertiary alicyclic amines) is 1. The molecule has 67 heavy (non-hydrogen) atoms. The van der Waals surface area contributed by atoms with E-state index in [0.717, 1.165) is 24.0 Å². The number of rotatable bonds is 14. The third-order valence-corrected chi connectivity index (χ3v) is 15.1. The standard InChI is InChI=1S/C46H63ClIN5O13S/c1-26-9-8-10-35(62-7)46(60)24-33(64-44(59)49-46)27(2)41-45(3,66-41)36(23-37(54)51(4)31-20-29(19-26)21-32(61-6)40(31)47)65-39(56)15-16-63-17-18-67-34-22-38(55)53(43(34)58)25-28-11-13-30(14-12-28)42(57)50-52(5)48/h8-10,20-21,27-28,30,33-36,41,60H,11-19,22-25H2,1-7H3,(H,49,59)(H,50,57)/b10-8+,26-9+/t27-,28-,30-,33+,34?,35-,36+,41+,45?,46+/m1/s1. The second kappa shape index (κ2) is 22.9. The van der Waals surface area contributed by atoms with Crippen molar-refractivity contribution in [1.29, 1.82) is 0 Å². The number of methoxy groups -OCH3 is 2. The molecular formula is C46H63ClIN5O13S. The highest BCUT2D eigenvalue weighted by molar-refractivity contribution is 14.1. The van der Waals surface area contributed by atoms with Crippen molar-refractivity contribution in [2.75, 3.05) is 58.7 Å². The summed E-state index contributed by atoms with van der Waals surface area (Å²) in [4.78, 5) is 81.9. The number of imide groups is 1. The van der Waals surface area contributed by atoms with Crippen LogP contribution in [0.4, 0.5) is 10.5 Å². The second-order valence-electron chi connectivity index (χ2n) is 18.2. The fraction of sp³-hybridized carbons (Fsp3) is 0.652. The number of alkyl carbamates (subject to hydrolysis) is 1. The molecule has 3 N–H and O–H groups in total. The Hall–Kier alpha value is -3.51. The van der Waals surface area contributed by atoms with Crippen LogP contribution in [0.15, 0.2) is 35.9 Å². The number of halogens is 2. The second-order valence-corrected chi connectivity index (χ2v) is 21.4. The summed E-state index contributed by atoms with van der Waals surface area (Å²) in [6.45, 7) is 6.00. The Labute approximate surface area is 414 Å². The first-order valence-electron chi connectivity index (χ1n) is 22.6. The molecule has 0 spiro atoms. The number of amides is 5. The van der Waals surface area contributed by atoms with E-state index in [1.54, 1.807) is 55.4 Å². The zero-order valence-electron chi connectivity index (χ0n) is 39.0. The van der Waals surface area contributed by atoms with Crippen LogP contribution < -0.4 is 20.4 Å². The number of carbonyl (C=O) groups is 6. The van der Waals surface area contributed by atoms with E-state index in [0.29, 0.717) is 43.0 Å². The van der Waals surface area contributed by atoms with Crippen LogP contribution in [0.5, 0.6) is 5.75 Å². The van der Waals surface area contributed by atoms with Gasteiger partial charge in [-0.1, -0.05) is 42.3 Å². The lowest BCUT2D eigenvalue weighted by Crippen LogP contribution is -2.63. The molecule has 1 aliphatic carbocycles. The summed E-state index contributed by atoms with van der Waals surface area (Å²) in [7, 11) is 6.25. The molecule has 6 rings (SSSR count). The number of hydrazine groups is 1. The molecule has 5 aliphatic rings. The Bertz CT molecular complexity index is 2090. The van der Waals surface area contributed by atoms with E-state index in [1.165, 1.54) is 35.8 Å². The third kappa shape index (κ3) is 13.0. The van der Waals surface area contributed by atoms with Gasteiger partial charge in [-0.25, -0.2) is 4.79 Å². The van der Waals surface area contributed by atoms with Gasteiger partial charge in [0.15, 0.2) is 5.72 Å². The normalized spacial score (nSPS) is 32.7. The van der Waals surface area contributed by atoms with Crippen LogP contribution in [0.2, 0.25) is 5.02 Å². The Balaban J connectivity index is 1.07. The van der Waals surface area contributed by atoms with Gasteiger partial charge in [0.2, 0.25) is 23.6 Å². The van der Waals surface area contributed by atoms with Crippen molar-refractivity contribution in [3.8, 4) is 5.75 Å². The summed E-state index contributed by atoms with van der Waals surface area (Å²) in [5.41, 5.74) is 1.87. The molecular weight excluding hydrogens is 1020 g/mol. The van der Waals surface area contributed by atoms with E-state index in [4.69, 9.17) is 40.0 Å². The van der Waals surface area contributed by atoms with Crippen molar-refractivity contribution in [2.24, 2.45) is 17.8 Å². The van der Waals surface area contributed by atoms with E-state index in [2.05, 4.69) is 10.7 Å². The Kier molecular flexibility index (Phi) is 18.1. The van der Waals surface area contributed by atoms with Crippen LogP contribution in [0, 0.1) is 17.8 Å². The highest BCUT2D eigenvalue weighted by atomic mass is 127. The topological polar surface area (TPSA) is 215 Å². The van der Waals surface area contributed by atoms with Crippen LogP contribution in [0.1, 0.15) is 77.7 Å². The van der Waals surface area contributed by atoms with Gasteiger partial charge in [-0.3, -0.25) is 39.6 Å². The third-order valence-electron chi connectivity index (χ3n) is 13.3. The molecule has 3 saturated heterocycles. The van der Waals surface area contributed by atoms with Crippen LogP contribution in [-0.4, -0.2) is 144 Å². The number of anilines is 1. The maximum atomic E-state index is 14.2. The van der Waals surface area contributed by atoms with Crippen LogP contribution in [0.25, 0.3) is 0 Å². The van der Waals surface area contributed by atoms with Crippen molar-refractivity contribution in [3.63, 3.8) is 0 Å². The summed E-state index contributed by atoms with van der Waals surface area (Å²) in [5, 5.41) is 14.0. The van der Waals surface area contributed by atoms with Crippen molar-refractivity contribution >= 4 is 87.6 Å². The van der Waals surface area contributed by atoms with Crippen molar-refractivity contribution in [2.45, 2.75) is 120 Å². The molecule has 1 saturated carbocycles. The predicted molar refractivity (Wildman–Crippen MR) is 257 cm³/mol. The molecule has 8 atom stereocenters. The number of thioether (sulfide) groups is 1. The molecule has 2 unspecified atom stereocenters. The zero-order valence-corrected chi connectivity index (χ0v) is 42.8. The number of nitrogens with one attached hydrogen (secondary N) is 2. The molecule has 370 valence electrons. The molecule has 21 heteroatoms. The first-order valence-corrected chi connectivity index (χ1v) is 25.0. The molecule has 5 amide bonds. The number of nitrogens with zero attached hydrogens (tertiary/aromatic N) is 3. The number of ether oxygens (including phenoxy) is 6. The maximum Gasteiger partial charge on any atom is 0.409 e. The first-order chi connectivity index (χ1) is 31.8. The van der Waals surface area contributed by atoms with Gasteiger partial charge in [0.25, 0.3) is 0 Å². The smallest absolute Gasteiger partial charge is 0.409 e.